The van der Waals surface area contributed by atoms with Crippen molar-refractivity contribution < 1.29 is 14.6 Å². The summed E-state index contributed by atoms with van der Waals surface area (Å²) in [7, 11) is 1.75. The van der Waals surface area contributed by atoms with Gasteiger partial charge in [0.2, 0.25) is 0 Å². The highest BCUT2D eigenvalue weighted by atomic mass is 16.5. The number of methoxy groups -OCH3 is 1. The number of hydrogen-bond donors (Lipinski definition) is 2. The first kappa shape index (κ1) is 15.9. The SMILES string of the molecule is COCCC1(CNCC(O)COC(C)(C)C)CC1. The lowest BCUT2D eigenvalue weighted by molar-refractivity contribution is -0.0480. The number of rotatable bonds is 9. The Bertz CT molecular complexity index is 234. The molecule has 0 amide bonds. The summed E-state index contributed by atoms with van der Waals surface area (Å²) >= 11 is 0. The third-order valence-electron chi connectivity index (χ3n) is 3.38. The Morgan fingerprint density at radius 2 is 2.00 bits per heavy atom. The van der Waals surface area contributed by atoms with Crippen molar-refractivity contribution in [2.45, 2.75) is 51.7 Å². The summed E-state index contributed by atoms with van der Waals surface area (Å²) < 4.78 is 10.7. The van der Waals surface area contributed by atoms with Crippen molar-refractivity contribution in [2.75, 3.05) is 33.4 Å². The van der Waals surface area contributed by atoms with E-state index < -0.39 is 6.10 Å². The number of ether oxygens (including phenoxy) is 2. The molecule has 1 unspecified atom stereocenters. The van der Waals surface area contributed by atoms with Gasteiger partial charge in [-0.15, -0.1) is 0 Å². The maximum atomic E-state index is 9.79. The van der Waals surface area contributed by atoms with Crippen LogP contribution in [0.25, 0.3) is 0 Å². The Labute approximate surface area is 111 Å². The van der Waals surface area contributed by atoms with Crippen LogP contribution in [0.3, 0.4) is 0 Å². The molecule has 0 aromatic rings. The summed E-state index contributed by atoms with van der Waals surface area (Å²) in [6.45, 7) is 8.79. The van der Waals surface area contributed by atoms with Crippen LogP contribution in [0, 0.1) is 5.41 Å². The molecule has 0 aromatic heterocycles. The van der Waals surface area contributed by atoms with Gasteiger partial charge >= 0.3 is 0 Å². The number of aliphatic hydroxyl groups is 1. The molecule has 0 heterocycles. The highest BCUT2D eigenvalue weighted by Gasteiger charge is 2.41. The van der Waals surface area contributed by atoms with Crippen LogP contribution in [0.15, 0.2) is 0 Å². The van der Waals surface area contributed by atoms with E-state index in [0.29, 0.717) is 18.6 Å². The van der Waals surface area contributed by atoms with Gasteiger partial charge in [0.05, 0.1) is 18.3 Å². The average molecular weight is 259 g/mol. The van der Waals surface area contributed by atoms with Crippen molar-refractivity contribution in [1.29, 1.82) is 0 Å². The molecule has 0 spiro atoms. The van der Waals surface area contributed by atoms with Crippen LogP contribution < -0.4 is 5.32 Å². The van der Waals surface area contributed by atoms with Crippen LogP contribution in [0.2, 0.25) is 0 Å². The molecule has 2 N–H and O–H groups in total. The Kier molecular flexibility index (Phi) is 6.05. The first-order valence-corrected chi connectivity index (χ1v) is 6.89. The largest absolute Gasteiger partial charge is 0.389 e. The van der Waals surface area contributed by atoms with E-state index in [2.05, 4.69) is 5.32 Å². The smallest absolute Gasteiger partial charge is 0.0897 e. The summed E-state index contributed by atoms with van der Waals surface area (Å²) in [6, 6.07) is 0. The molecule has 1 fully saturated rings. The summed E-state index contributed by atoms with van der Waals surface area (Å²) in [5.41, 5.74) is 0.248. The molecule has 4 nitrogen and oxygen atoms in total. The van der Waals surface area contributed by atoms with Crippen molar-refractivity contribution in [2.24, 2.45) is 5.41 Å². The molecule has 0 aliphatic heterocycles. The lowest BCUT2D eigenvalue weighted by Gasteiger charge is -2.23. The zero-order valence-corrected chi connectivity index (χ0v) is 12.3. The van der Waals surface area contributed by atoms with Crippen molar-refractivity contribution in [1.82, 2.24) is 5.32 Å². The van der Waals surface area contributed by atoms with Crippen molar-refractivity contribution in [3.63, 3.8) is 0 Å². The van der Waals surface area contributed by atoms with Gasteiger partial charge in [-0.3, -0.25) is 0 Å². The molecule has 0 bridgehead atoms. The van der Waals surface area contributed by atoms with E-state index in [0.717, 1.165) is 19.6 Å². The Morgan fingerprint density at radius 1 is 1.33 bits per heavy atom. The minimum atomic E-state index is -0.428. The summed E-state index contributed by atoms with van der Waals surface area (Å²) in [6.07, 6.45) is 3.24. The minimum absolute atomic E-state index is 0.183. The Balaban J connectivity index is 2.07. The van der Waals surface area contributed by atoms with E-state index in [9.17, 15) is 5.11 Å². The van der Waals surface area contributed by atoms with E-state index >= 15 is 0 Å². The van der Waals surface area contributed by atoms with Crippen LogP contribution in [0.4, 0.5) is 0 Å². The van der Waals surface area contributed by atoms with Crippen LogP contribution in [-0.4, -0.2) is 50.2 Å². The Hall–Kier alpha value is -0.160. The molecular formula is C14H29NO3. The molecule has 0 radical (unpaired) electrons. The van der Waals surface area contributed by atoms with Gasteiger partial charge in [0.25, 0.3) is 0 Å². The highest BCUT2D eigenvalue weighted by molar-refractivity contribution is 4.94. The second kappa shape index (κ2) is 6.85. The molecule has 1 aliphatic carbocycles. The zero-order valence-electron chi connectivity index (χ0n) is 12.3. The predicted octanol–water partition coefficient (Wildman–Crippen LogP) is 1.57. The molecule has 0 saturated heterocycles. The second-order valence-electron chi connectivity index (χ2n) is 6.45. The summed E-state index contributed by atoms with van der Waals surface area (Å²) in [5.74, 6) is 0. The standard InChI is InChI=1S/C14H29NO3/c1-13(2,3)18-10-12(16)9-15-11-14(5-6-14)7-8-17-4/h12,15-16H,5-11H2,1-4H3. The first-order valence-electron chi connectivity index (χ1n) is 6.89. The normalized spacial score (nSPS) is 19.8. The topological polar surface area (TPSA) is 50.7 Å². The van der Waals surface area contributed by atoms with Gasteiger partial charge in [-0.05, 0) is 45.4 Å². The molecule has 0 aromatic carbocycles. The fourth-order valence-corrected chi connectivity index (χ4v) is 1.92. The maximum Gasteiger partial charge on any atom is 0.0897 e. The fourth-order valence-electron chi connectivity index (χ4n) is 1.92. The third-order valence-corrected chi connectivity index (χ3v) is 3.38. The zero-order chi connectivity index (χ0) is 13.6. The van der Waals surface area contributed by atoms with Crippen molar-refractivity contribution in [3.8, 4) is 0 Å². The number of aliphatic hydroxyl groups excluding tert-OH is 1. The van der Waals surface area contributed by atoms with Crippen molar-refractivity contribution in [3.05, 3.63) is 0 Å². The number of nitrogens with one attached hydrogen (secondary N) is 1. The highest BCUT2D eigenvalue weighted by Crippen LogP contribution is 2.48. The van der Waals surface area contributed by atoms with Gasteiger partial charge in [-0.25, -0.2) is 0 Å². The van der Waals surface area contributed by atoms with Crippen LogP contribution in [0.5, 0.6) is 0 Å². The predicted molar refractivity (Wildman–Crippen MR) is 72.7 cm³/mol. The molecular weight excluding hydrogens is 230 g/mol. The molecule has 1 atom stereocenters. The van der Waals surface area contributed by atoms with Gasteiger partial charge in [0, 0.05) is 26.8 Å². The molecule has 4 heteroatoms. The second-order valence-corrected chi connectivity index (χ2v) is 6.45. The fraction of sp³-hybridized carbons (Fsp3) is 1.00. The van der Waals surface area contributed by atoms with E-state index in [1.165, 1.54) is 12.8 Å². The van der Waals surface area contributed by atoms with E-state index in [1.54, 1.807) is 7.11 Å². The van der Waals surface area contributed by atoms with Crippen LogP contribution in [-0.2, 0) is 9.47 Å². The van der Waals surface area contributed by atoms with E-state index in [4.69, 9.17) is 9.47 Å². The molecule has 1 rings (SSSR count). The van der Waals surface area contributed by atoms with E-state index in [-0.39, 0.29) is 5.60 Å². The average Bonchev–Trinajstić information content (AvgIpc) is 3.03. The van der Waals surface area contributed by atoms with Crippen LogP contribution >= 0.6 is 0 Å². The van der Waals surface area contributed by atoms with Gasteiger partial charge in [0.1, 0.15) is 0 Å². The summed E-state index contributed by atoms with van der Waals surface area (Å²) in [4.78, 5) is 0. The van der Waals surface area contributed by atoms with Crippen LogP contribution in [0.1, 0.15) is 40.0 Å². The summed E-state index contributed by atoms with van der Waals surface area (Å²) in [5, 5.41) is 13.1. The van der Waals surface area contributed by atoms with Gasteiger partial charge < -0.3 is 19.9 Å². The van der Waals surface area contributed by atoms with Gasteiger partial charge in [0.15, 0.2) is 0 Å². The van der Waals surface area contributed by atoms with Gasteiger partial charge in [-0.2, -0.15) is 0 Å². The lowest BCUT2D eigenvalue weighted by Crippen LogP contribution is -2.36. The van der Waals surface area contributed by atoms with Crippen molar-refractivity contribution >= 4 is 0 Å². The molecule has 1 saturated carbocycles. The minimum Gasteiger partial charge on any atom is -0.389 e. The molecule has 18 heavy (non-hydrogen) atoms. The maximum absolute atomic E-state index is 9.79. The lowest BCUT2D eigenvalue weighted by atomic mass is 10.0. The van der Waals surface area contributed by atoms with Gasteiger partial charge in [-0.1, -0.05) is 0 Å². The van der Waals surface area contributed by atoms with E-state index in [1.807, 2.05) is 20.8 Å². The molecule has 108 valence electrons. The quantitative estimate of drug-likeness (QED) is 0.660. The first-order chi connectivity index (χ1) is 8.37. The monoisotopic (exact) mass is 259 g/mol. The number of hydrogen-bond acceptors (Lipinski definition) is 4. The third kappa shape index (κ3) is 6.69. The Morgan fingerprint density at radius 3 is 2.50 bits per heavy atom. The molecule has 1 aliphatic rings.